The van der Waals surface area contributed by atoms with Gasteiger partial charge in [0.1, 0.15) is 97.5 Å². The molecule has 0 aromatic rings. The molecule has 4 saturated heterocycles. The van der Waals surface area contributed by atoms with Crippen molar-refractivity contribution >= 4 is 27.5 Å². The molecule has 4 aliphatic rings. The lowest BCUT2D eigenvalue weighted by Gasteiger charge is -2.50. The lowest BCUT2D eigenvalue weighted by molar-refractivity contribution is -0.379. The maximum absolute atomic E-state index is 13.5. The molecule has 794 valence electrons. The summed E-state index contributed by atoms with van der Waals surface area (Å²) in [6.45, 7) is 35.5. The highest BCUT2D eigenvalue weighted by Gasteiger charge is 2.57. The number of amides is 2. The molecule has 4 fully saturated rings. The summed E-state index contributed by atoms with van der Waals surface area (Å²) in [7, 11) is -11.2. The van der Waals surface area contributed by atoms with Crippen molar-refractivity contribution in [1.82, 2.24) is 10.6 Å². The van der Waals surface area contributed by atoms with Gasteiger partial charge in [-0.15, -0.1) is 0 Å². The van der Waals surface area contributed by atoms with Crippen LogP contribution in [-0.2, 0) is 65.2 Å². The van der Waals surface area contributed by atoms with Gasteiger partial charge in [-0.2, -0.15) is 4.31 Å². The van der Waals surface area contributed by atoms with E-state index in [1.807, 2.05) is 6.92 Å². The highest BCUT2D eigenvalue weighted by molar-refractivity contribution is 7.61. The van der Waals surface area contributed by atoms with Crippen molar-refractivity contribution in [2.75, 3.05) is 33.0 Å². The van der Waals surface area contributed by atoms with Crippen molar-refractivity contribution in [3.05, 3.63) is 175 Å². The van der Waals surface area contributed by atoms with Gasteiger partial charge in [0.25, 0.3) is 0 Å². The second kappa shape index (κ2) is 68.1. The van der Waals surface area contributed by atoms with Crippen LogP contribution in [0.25, 0.3) is 0 Å². The van der Waals surface area contributed by atoms with E-state index in [2.05, 4.69) is 217 Å². The van der Waals surface area contributed by atoms with E-state index >= 15 is 0 Å². The fourth-order valence-corrected chi connectivity index (χ4v) is 19.1. The van der Waals surface area contributed by atoms with E-state index in [1.165, 1.54) is 90.0 Å². The molecule has 0 bridgehead atoms. The number of nitrogens with one attached hydrogen (secondary N) is 2. The molecular weight excluding hydrogens is 1820 g/mol. The SMILES string of the molecule is CC(=O)N[C@H]1[C@H](O[C@H]2[C@H](O)[C@@H](NC(C)=O)[C@H](OP(=O)(O)OP(=O)(O)OCCC(C)CCC=C(C)CCC=C(C)CCC=C(C)CCC=C(C)CCC=C(C)CCC=C(C)CCC=C(C)CCC=C(C)CCC=C(C)CCC=C(C)CCC=C(C)CCC=C(C)CCC=C(C)CCC=C(C)CCC=C(C)C)O[C@@H]2CO)O[C@H](CO)[C@@H](O[C@@H]2O[C@H](CO)[C@@H](O)[C@H](O[C@H]3O[C@H](CO)[C@@H](O)[C@H](O)[C@@H]3O)[C@@H]2O)[C@@H]1O. The first-order valence-electron chi connectivity index (χ1n) is 50.6. The summed E-state index contributed by atoms with van der Waals surface area (Å²) in [6, 6.07) is -3.71. The predicted molar refractivity (Wildman–Crippen MR) is 547 cm³/mol. The number of hydrogen-bond donors (Lipinski definition) is 15. The Labute approximate surface area is 831 Å². The van der Waals surface area contributed by atoms with Crippen molar-refractivity contribution < 1.29 is 131 Å². The number of hydrogen-bond acceptors (Lipinski definition) is 25. The zero-order valence-electron chi connectivity index (χ0n) is 87.2. The maximum atomic E-state index is 13.5. The topological polar surface area (TPSA) is 448 Å². The van der Waals surface area contributed by atoms with Gasteiger partial charge in [-0.3, -0.25) is 18.6 Å². The molecule has 23 atom stereocenters. The minimum atomic E-state index is -5.76. The van der Waals surface area contributed by atoms with Crippen LogP contribution in [0.3, 0.4) is 0 Å². The second-order valence-corrected chi connectivity index (χ2v) is 42.5. The van der Waals surface area contributed by atoms with Crippen molar-refractivity contribution in [2.45, 2.75) is 453 Å². The monoisotopic (exact) mass is 2000 g/mol. The fourth-order valence-electron chi connectivity index (χ4n) is 17.0. The Morgan fingerprint density at radius 3 is 0.842 bits per heavy atom. The molecule has 2 amide bonds. The highest BCUT2D eigenvalue weighted by atomic mass is 31.3. The summed E-state index contributed by atoms with van der Waals surface area (Å²) in [5, 5.41) is 123. The van der Waals surface area contributed by atoms with Crippen LogP contribution in [0.2, 0.25) is 0 Å². The molecule has 15 N–H and O–H groups in total. The quantitative estimate of drug-likeness (QED) is 0.0199. The fraction of sp³-hybridized carbons (Fsp3) is 0.704. The molecular formula is C108H180N2O27P2. The van der Waals surface area contributed by atoms with Gasteiger partial charge >= 0.3 is 15.6 Å². The predicted octanol–water partition coefficient (Wildman–Crippen LogP) is 18.7. The number of aliphatic hydroxyl groups excluding tert-OH is 11. The van der Waals surface area contributed by atoms with Gasteiger partial charge in [0, 0.05) is 13.8 Å². The van der Waals surface area contributed by atoms with Gasteiger partial charge in [-0.1, -0.05) is 182 Å². The number of carbonyl (C=O) groups excluding carboxylic acids is 2. The summed E-state index contributed by atoms with van der Waals surface area (Å²) in [4.78, 5) is 46.8. The summed E-state index contributed by atoms with van der Waals surface area (Å²) in [6.07, 6.45) is 33.7. The van der Waals surface area contributed by atoms with Gasteiger partial charge in [0.15, 0.2) is 25.2 Å². The Morgan fingerprint density at radius 2 is 0.547 bits per heavy atom. The van der Waals surface area contributed by atoms with Crippen molar-refractivity contribution in [2.24, 2.45) is 5.92 Å². The first-order chi connectivity index (χ1) is 65.8. The van der Waals surface area contributed by atoms with Crippen molar-refractivity contribution in [3.8, 4) is 0 Å². The van der Waals surface area contributed by atoms with E-state index in [1.54, 1.807) is 0 Å². The van der Waals surface area contributed by atoms with E-state index < -0.39 is 177 Å². The van der Waals surface area contributed by atoms with Crippen molar-refractivity contribution in [1.29, 1.82) is 0 Å². The standard InChI is InChI=1S/C108H180N2O27P2/c1-71(2)35-20-36-72(3)37-21-38-73(4)39-22-40-74(5)41-23-42-75(6)43-24-44-76(7)45-25-46-77(8)47-26-48-78(9)49-27-50-79(10)51-28-52-80(11)53-29-54-81(12)55-30-56-82(13)57-31-58-83(14)59-32-60-84(15)61-33-62-85(16)63-34-64-86(17)65-66-128-138(124,125)137-139(126,127)136-106-94(110-88(19)116)98(120)102(92(70-114)132-106)133-105-93(109-87(18)115)97(119)103(91(69-113)131-105)134-108-101(123)104(96(118)90(68-112)130-108)135-107-100(122)99(121)95(117)89(67-111)129-107/h35,37,39,41,43,45,47,49,51,53,55,57,59,61,63,86,89-108,111-114,117-123H,20-34,36,38,40,42,44,46,48,50,52,54,56,58,60,62,64-70H2,1-19H3,(H,109,115)(H,110,116)(H,124,125)(H,126,127)/t86?,89-,90-,91-,92-,93-,94-,95-,96-,97-,98-,99+,100+,101+,102-,103-,104+,105+,106+,107-,108+/m1/s1. The minimum Gasteiger partial charge on any atom is -0.394 e. The smallest absolute Gasteiger partial charge is 0.394 e. The first-order valence-corrected chi connectivity index (χ1v) is 53.6. The largest absolute Gasteiger partial charge is 0.483 e. The van der Waals surface area contributed by atoms with Crippen LogP contribution < -0.4 is 10.6 Å². The van der Waals surface area contributed by atoms with Crippen LogP contribution >= 0.6 is 15.6 Å². The molecule has 0 saturated carbocycles. The van der Waals surface area contributed by atoms with E-state index in [9.17, 15) is 84.7 Å². The first kappa shape index (κ1) is 126. The molecule has 0 aliphatic carbocycles. The van der Waals surface area contributed by atoms with Gasteiger partial charge in [-0.05, 0) is 316 Å². The highest BCUT2D eigenvalue weighted by Crippen LogP contribution is 2.61. The third-order valence-electron chi connectivity index (χ3n) is 26.0. The second-order valence-electron chi connectivity index (χ2n) is 39.5. The van der Waals surface area contributed by atoms with Crippen LogP contribution in [0.5, 0.6) is 0 Å². The number of aliphatic hydroxyl groups is 11. The van der Waals surface area contributed by atoms with Crippen molar-refractivity contribution in [3.63, 3.8) is 0 Å². The number of rotatable bonds is 65. The van der Waals surface area contributed by atoms with E-state index in [0.29, 0.717) is 6.42 Å². The number of phosphoric ester groups is 2. The Kier molecular flexibility index (Phi) is 61.7. The average Bonchev–Trinajstić information content (AvgIpc) is 0.764. The van der Waals surface area contributed by atoms with Crippen LogP contribution in [0, 0.1) is 5.92 Å². The average molecular weight is 2000 g/mol. The van der Waals surface area contributed by atoms with Gasteiger partial charge in [-0.25, -0.2) is 9.13 Å². The van der Waals surface area contributed by atoms with Crippen LogP contribution in [0.15, 0.2) is 175 Å². The zero-order chi connectivity index (χ0) is 103. The van der Waals surface area contributed by atoms with E-state index in [-0.39, 0.29) is 18.9 Å². The van der Waals surface area contributed by atoms with E-state index in [4.69, 9.17) is 42.2 Å². The third-order valence-corrected chi connectivity index (χ3v) is 28.6. The summed E-state index contributed by atoms with van der Waals surface area (Å²) in [5.74, 6) is -1.77. The Bertz CT molecular complexity index is 4240. The molecule has 0 spiro atoms. The molecule has 31 heteroatoms. The summed E-state index contributed by atoms with van der Waals surface area (Å²) >= 11 is 0. The summed E-state index contributed by atoms with van der Waals surface area (Å²) < 4.78 is 81.6. The third kappa shape index (κ3) is 51.0. The molecule has 139 heavy (non-hydrogen) atoms. The number of allylic oxidation sites excluding steroid dienone is 30. The minimum absolute atomic E-state index is 0.0295. The molecule has 4 aliphatic heterocycles. The molecule has 3 unspecified atom stereocenters. The Hall–Kier alpha value is -5.42. The van der Waals surface area contributed by atoms with Gasteiger partial charge in [0.2, 0.25) is 11.8 Å². The lowest BCUT2D eigenvalue weighted by Crippen LogP contribution is -2.70. The molecule has 29 nitrogen and oxygen atoms in total. The zero-order valence-corrected chi connectivity index (χ0v) is 89.0. The summed E-state index contributed by atoms with van der Waals surface area (Å²) in [5.41, 5.74) is 21.8. The number of phosphoric acid groups is 2. The molecule has 4 heterocycles. The van der Waals surface area contributed by atoms with Gasteiger partial charge in [0.05, 0.1) is 33.0 Å². The maximum Gasteiger partial charge on any atom is 0.483 e. The van der Waals surface area contributed by atoms with Crippen LogP contribution in [0.4, 0.5) is 0 Å². The molecule has 0 radical (unpaired) electrons. The van der Waals surface area contributed by atoms with E-state index in [0.717, 1.165) is 194 Å². The Morgan fingerprint density at radius 1 is 0.295 bits per heavy atom. The number of ether oxygens (including phenoxy) is 7. The van der Waals surface area contributed by atoms with Crippen LogP contribution in [0.1, 0.15) is 331 Å². The molecule has 4 rings (SSSR count). The Balaban J connectivity index is 1.08. The molecule has 0 aromatic carbocycles. The van der Waals surface area contributed by atoms with Crippen LogP contribution in [-0.4, -0.2) is 234 Å². The molecule has 0 aromatic heterocycles. The van der Waals surface area contributed by atoms with Gasteiger partial charge < -0.3 is 110 Å². The normalized spacial score (nSPS) is 28.2. The number of carbonyl (C=O) groups is 2. The lowest BCUT2D eigenvalue weighted by atomic mass is 9.94.